The highest BCUT2D eigenvalue weighted by Crippen LogP contribution is 2.49. The number of nitrogens with one attached hydrogen (secondary N) is 2. The van der Waals surface area contributed by atoms with E-state index >= 15 is 0 Å². The quantitative estimate of drug-likeness (QED) is 0.644. The first-order valence-corrected chi connectivity index (χ1v) is 9.57. The van der Waals surface area contributed by atoms with Crippen LogP contribution in [0.1, 0.15) is 24.0 Å². The first-order valence-electron chi connectivity index (χ1n) is 9.57. The van der Waals surface area contributed by atoms with Crippen molar-refractivity contribution in [2.24, 2.45) is 0 Å². The standard InChI is InChI=1S/C24H21FN2O2/c25-20-12-11-19(16-21(20)27-22(28)15-17-7-3-1-4-8-17)26-23(29)24(13-14-24)18-9-5-2-6-10-18/h1-12,16H,13-15H2,(H,26,29)(H,27,28). The highest BCUT2D eigenvalue weighted by Gasteiger charge is 2.51. The van der Waals surface area contributed by atoms with E-state index in [0.29, 0.717) is 5.69 Å². The highest BCUT2D eigenvalue weighted by atomic mass is 19.1. The summed E-state index contributed by atoms with van der Waals surface area (Å²) in [6, 6.07) is 23.1. The van der Waals surface area contributed by atoms with E-state index in [0.717, 1.165) is 24.0 Å². The first kappa shape index (κ1) is 18.9. The van der Waals surface area contributed by atoms with Crippen LogP contribution in [-0.4, -0.2) is 11.8 Å². The van der Waals surface area contributed by atoms with Crippen LogP contribution < -0.4 is 10.6 Å². The predicted octanol–water partition coefficient (Wildman–Crippen LogP) is 4.68. The first-order chi connectivity index (χ1) is 14.1. The number of amides is 2. The average molecular weight is 388 g/mol. The molecule has 4 nitrogen and oxygen atoms in total. The van der Waals surface area contributed by atoms with Crippen molar-refractivity contribution in [3.63, 3.8) is 0 Å². The van der Waals surface area contributed by atoms with Gasteiger partial charge >= 0.3 is 0 Å². The second kappa shape index (κ2) is 7.87. The fraction of sp³-hybridized carbons (Fsp3) is 0.167. The molecule has 3 aromatic rings. The Labute approximate surface area is 168 Å². The molecule has 0 aromatic heterocycles. The molecule has 146 valence electrons. The maximum atomic E-state index is 14.2. The van der Waals surface area contributed by atoms with Crippen LogP contribution in [0.25, 0.3) is 0 Å². The van der Waals surface area contributed by atoms with Gasteiger partial charge in [0.1, 0.15) is 5.82 Å². The average Bonchev–Trinajstić information content (AvgIpc) is 3.54. The molecule has 0 saturated heterocycles. The molecule has 2 amide bonds. The summed E-state index contributed by atoms with van der Waals surface area (Å²) in [6.07, 6.45) is 1.71. The number of hydrogen-bond donors (Lipinski definition) is 2. The van der Waals surface area contributed by atoms with Crippen molar-refractivity contribution >= 4 is 23.2 Å². The van der Waals surface area contributed by atoms with Crippen molar-refractivity contribution < 1.29 is 14.0 Å². The van der Waals surface area contributed by atoms with Gasteiger partial charge in [-0.2, -0.15) is 0 Å². The normalized spacial score (nSPS) is 14.1. The van der Waals surface area contributed by atoms with E-state index in [-0.39, 0.29) is 23.9 Å². The monoisotopic (exact) mass is 388 g/mol. The lowest BCUT2D eigenvalue weighted by Gasteiger charge is -2.16. The fourth-order valence-electron chi connectivity index (χ4n) is 3.45. The molecule has 0 radical (unpaired) electrons. The minimum Gasteiger partial charge on any atom is -0.325 e. The van der Waals surface area contributed by atoms with Gasteiger partial charge in [-0.05, 0) is 42.2 Å². The van der Waals surface area contributed by atoms with Crippen LogP contribution in [0, 0.1) is 5.82 Å². The van der Waals surface area contributed by atoms with E-state index in [1.54, 1.807) is 0 Å². The third-order valence-corrected chi connectivity index (χ3v) is 5.22. The van der Waals surface area contributed by atoms with Gasteiger partial charge in [0.2, 0.25) is 11.8 Å². The summed E-state index contributed by atoms with van der Waals surface area (Å²) in [5.41, 5.74) is 1.80. The van der Waals surface area contributed by atoms with Gasteiger partial charge in [-0.1, -0.05) is 60.7 Å². The number of anilines is 2. The van der Waals surface area contributed by atoms with Gasteiger partial charge in [-0.15, -0.1) is 0 Å². The Kier molecular flexibility index (Phi) is 5.12. The molecule has 0 bridgehead atoms. The number of carbonyl (C=O) groups is 2. The minimum absolute atomic E-state index is 0.0493. The Morgan fingerprint density at radius 1 is 0.862 bits per heavy atom. The second-order valence-electron chi connectivity index (χ2n) is 7.31. The Bertz CT molecular complexity index is 1030. The van der Waals surface area contributed by atoms with E-state index in [9.17, 15) is 14.0 Å². The van der Waals surface area contributed by atoms with Crippen LogP contribution in [0.3, 0.4) is 0 Å². The Hall–Kier alpha value is -3.47. The van der Waals surface area contributed by atoms with Crippen LogP contribution in [-0.2, 0) is 21.4 Å². The van der Waals surface area contributed by atoms with Crippen molar-refractivity contribution in [1.82, 2.24) is 0 Å². The third-order valence-electron chi connectivity index (χ3n) is 5.22. The smallest absolute Gasteiger partial charge is 0.235 e. The lowest BCUT2D eigenvalue weighted by atomic mass is 9.95. The molecule has 0 heterocycles. The van der Waals surface area contributed by atoms with Gasteiger partial charge in [-0.25, -0.2) is 4.39 Å². The van der Waals surface area contributed by atoms with Crippen molar-refractivity contribution in [3.05, 3.63) is 95.8 Å². The zero-order chi connectivity index (χ0) is 20.3. The van der Waals surface area contributed by atoms with E-state index in [1.165, 1.54) is 18.2 Å². The topological polar surface area (TPSA) is 58.2 Å². The third kappa shape index (κ3) is 4.19. The van der Waals surface area contributed by atoms with Gasteiger partial charge in [0.15, 0.2) is 0 Å². The molecule has 0 spiro atoms. The van der Waals surface area contributed by atoms with Crippen LogP contribution in [0.2, 0.25) is 0 Å². The Morgan fingerprint density at radius 2 is 1.52 bits per heavy atom. The van der Waals surface area contributed by atoms with E-state index in [2.05, 4.69) is 10.6 Å². The number of carbonyl (C=O) groups excluding carboxylic acids is 2. The highest BCUT2D eigenvalue weighted by molar-refractivity contribution is 6.02. The summed E-state index contributed by atoms with van der Waals surface area (Å²) >= 11 is 0. The van der Waals surface area contributed by atoms with Crippen LogP contribution >= 0.6 is 0 Å². The molecular weight excluding hydrogens is 367 g/mol. The van der Waals surface area contributed by atoms with E-state index in [1.807, 2.05) is 60.7 Å². The summed E-state index contributed by atoms with van der Waals surface area (Å²) in [4.78, 5) is 25.1. The van der Waals surface area contributed by atoms with Gasteiger partial charge in [0.25, 0.3) is 0 Å². The number of rotatable bonds is 6. The number of hydrogen-bond acceptors (Lipinski definition) is 2. The van der Waals surface area contributed by atoms with Crippen molar-refractivity contribution in [1.29, 1.82) is 0 Å². The molecule has 2 N–H and O–H groups in total. The maximum absolute atomic E-state index is 14.2. The van der Waals surface area contributed by atoms with Crippen molar-refractivity contribution in [3.8, 4) is 0 Å². The number of halogens is 1. The van der Waals surface area contributed by atoms with Crippen LogP contribution in [0.15, 0.2) is 78.9 Å². The summed E-state index contributed by atoms with van der Waals surface area (Å²) in [5.74, 6) is -0.980. The summed E-state index contributed by atoms with van der Waals surface area (Å²) in [7, 11) is 0. The predicted molar refractivity (Wildman–Crippen MR) is 111 cm³/mol. The van der Waals surface area contributed by atoms with E-state index < -0.39 is 11.2 Å². The van der Waals surface area contributed by atoms with Gasteiger partial charge in [0.05, 0.1) is 17.5 Å². The molecule has 3 aromatic carbocycles. The Balaban J connectivity index is 1.46. The molecule has 1 aliphatic rings. The molecule has 1 saturated carbocycles. The summed E-state index contributed by atoms with van der Waals surface area (Å²) in [5, 5.41) is 5.47. The molecule has 29 heavy (non-hydrogen) atoms. The SMILES string of the molecule is O=C(Cc1ccccc1)Nc1cc(NC(=O)C2(c3ccccc3)CC2)ccc1F. The molecule has 4 rings (SSSR count). The largest absolute Gasteiger partial charge is 0.325 e. The Morgan fingerprint density at radius 3 is 2.17 bits per heavy atom. The minimum atomic E-state index is -0.548. The number of benzene rings is 3. The lowest BCUT2D eigenvalue weighted by molar-refractivity contribution is -0.118. The molecule has 0 aliphatic heterocycles. The molecule has 0 atom stereocenters. The van der Waals surface area contributed by atoms with Crippen molar-refractivity contribution in [2.45, 2.75) is 24.7 Å². The molecular formula is C24H21FN2O2. The molecule has 1 aliphatic carbocycles. The fourth-order valence-corrected chi connectivity index (χ4v) is 3.45. The molecule has 5 heteroatoms. The van der Waals surface area contributed by atoms with E-state index in [4.69, 9.17) is 0 Å². The molecule has 0 unspecified atom stereocenters. The summed E-state index contributed by atoms with van der Waals surface area (Å²) in [6.45, 7) is 0. The second-order valence-corrected chi connectivity index (χ2v) is 7.31. The molecule has 1 fully saturated rings. The van der Waals surface area contributed by atoms with Gasteiger partial charge in [0, 0.05) is 5.69 Å². The van der Waals surface area contributed by atoms with Crippen LogP contribution in [0.4, 0.5) is 15.8 Å². The zero-order valence-electron chi connectivity index (χ0n) is 15.8. The van der Waals surface area contributed by atoms with Gasteiger partial charge < -0.3 is 10.6 Å². The lowest BCUT2D eigenvalue weighted by Crippen LogP contribution is -2.27. The maximum Gasteiger partial charge on any atom is 0.235 e. The van der Waals surface area contributed by atoms with Gasteiger partial charge in [-0.3, -0.25) is 9.59 Å². The summed E-state index contributed by atoms with van der Waals surface area (Å²) < 4.78 is 14.2. The zero-order valence-corrected chi connectivity index (χ0v) is 15.8. The van der Waals surface area contributed by atoms with Crippen molar-refractivity contribution in [2.75, 3.05) is 10.6 Å². The van der Waals surface area contributed by atoms with Crippen LogP contribution in [0.5, 0.6) is 0 Å².